The molecule has 3 heterocycles. The molecule has 9 heteroatoms. The van der Waals surface area contributed by atoms with Crippen LogP contribution in [-0.2, 0) is 11.8 Å². The number of para-hydroxylation sites is 1. The van der Waals surface area contributed by atoms with Gasteiger partial charge in [0.05, 0.1) is 17.9 Å². The van der Waals surface area contributed by atoms with E-state index in [0.29, 0.717) is 22.9 Å². The third-order valence-corrected chi connectivity index (χ3v) is 6.17. The van der Waals surface area contributed by atoms with Gasteiger partial charge in [-0.1, -0.05) is 17.4 Å². The lowest BCUT2D eigenvalue weighted by Crippen LogP contribution is -2.39. The molecule has 1 aliphatic rings. The maximum atomic E-state index is 14.1. The number of carbonyl (C=O) groups excluding carboxylic acids is 1. The van der Waals surface area contributed by atoms with Gasteiger partial charge >= 0.3 is 0 Å². The number of aryl methyl sites for hydroxylation is 2. The van der Waals surface area contributed by atoms with Gasteiger partial charge in [0.1, 0.15) is 11.3 Å². The zero-order valence-corrected chi connectivity index (χ0v) is 17.4. The summed E-state index contributed by atoms with van der Waals surface area (Å²) in [5.41, 5.74) is 1.57. The molecule has 0 radical (unpaired) electrons. The normalized spacial score (nSPS) is 15.1. The molecule has 1 saturated heterocycles. The van der Waals surface area contributed by atoms with E-state index in [1.807, 2.05) is 20.0 Å². The van der Waals surface area contributed by atoms with E-state index in [2.05, 4.69) is 15.0 Å². The molecule has 154 valence electrons. The molecule has 2 aromatic heterocycles. The first-order chi connectivity index (χ1) is 14.0. The number of thiazole rings is 1. The Morgan fingerprint density at radius 3 is 2.83 bits per heavy atom. The largest absolute Gasteiger partial charge is 0.379 e. The third-order valence-electron chi connectivity index (χ3n) is 5.13. The fourth-order valence-electron chi connectivity index (χ4n) is 3.38. The minimum atomic E-state index is -0.376. The Labute approximate surface area is 172 Å². The van der Waals surface area contributed by atoms with E-state index in [-0.39, 0.29) is 11.7 Å². The van der Waals surface area contributed by atoms with Crippen LogP contribution in [0.5, 0.6) is 0 Å². The average molecular weight is 418 g/mol. The van der Waals surface area contributed by atoms with Gasteiger partial charge in [0.2, 0.25) is 0 Å². The number of aromatic nitrogens is 3. The first-order valence-electron chi connectivity index (χ1n) is 9.70. The summed E-state index contributed by atoms with van der Waals surface area (Å²) in [5.74, 6) is -0.588. The van der Waals surface area contributed by atoms with E-state index in [9.17, 15) is 9.18 Å². The minimum absolute atomic E-state index is 0.213. The lowest BCUT2D eigenvalue weighted by Gasteiger charge is -2.27. The van der Waals surface area contributed by atoms with Crippen molar-refractivity contribution in [3.8, 4) is 0 Å². The van der Waals surface area contributed by atoms with Crippen LogP contribution in [0.3, 0.4) is 0 Å². The molecular formula is C20H24FN5O2S. The molecule has 7 nitrogen and oxygen atoms in total. The van der Waals surface area contributed by atoms with Gasteiger partial charge in [-0.05, 0) is 31.5 Å². The molecule has 0 bridgehead atoms. The second-order valence-corrected chi connectivity index (χ2v) is 8.15. The van der Waals surface area contributed by atoms with Crippen molar-refractivity contribution in [1.82, 2.24) is 19.7 Å². The highest BCUT2D eigenvalue weighted by Gasteiger charge is 2.24. The number of hydrogen-bond acceptors (Lipinski definition) is 6. The number of nitrogens with zero attached hydrogens (tertiary/aromatic N) is 5. The molecule has 0 unspecified atom stereocenters. The number of anilines is 1. The lowest BCUT2D eigenvalue weighted by atomic mass is 10.3. The van der Waals surface area contributed by atoms with Crippen LogP contribution in [0.25, 0.3) is 10.2 Å². The molecule has 0 aliphatic carbocycles. The quantitative estimate of drug-likeness (QED) is 0.617. The number of hydrogen-bond donors (Lipinski definition) is 0. The van der Waals surface area contributed by atoms with Gasteiger partial charge < -0.3 is 4.74 Å². The van der Waals surface area contributed by atoms with Gasteiger partial charge in [-0.3, -0.25) is 19.3 Å². The standard InChI is InChI=1S/C20H24FN5O2S/c1-14-13-16(23-24(14)2)19(27)26(8-4-7-25-9-11-28-12-10-25)20-22-18-15(21)5-3-6-17(18)29-20/h3,5-6,13H,4,7-12H2,1-2H3. The fourth-order valence-corrected chi connectivity index (χ4v) is 4.39. The van der Waals surface area contributed by atoms with Crippen LogP contribution >= 0.6 is 11.3 Å². The van der Waals surface area contributed by atoms with E-state index in [1.165, 1.54) is 17.4 Å². The molecule has 3 aromatic rings. The van der Waals surface area contributed by atoms with Gasteiger partial charge in [-0.15, -0.1) is 0 Å². The average Bonchev–Trinajstić information content (AvgIpc) is 3.30. The van der Waals surface area contributed by atoms with Gasteiger partial charge in [-0.25, -0.2) is 9.37 Å². The summed E-state index contributed by atoms with van der Waals surface area (Å²) in [6.45, 7) is 6.56. The Balaban J connectivity index is 1.58. The van der Waals surface area contributed by atoms with Crippen LogP contribution < -0.4 is 4.90 Å². The Kier molecular flexibility index (Phi) is 5.89. The van der Waals surface area contributed by atoms with Crippen molar-refractivity contribution in [1.29, 1.82) is 0 Å². The zero-order valence-electron chi connectivity index (χ0n) is 16.6. The van der Waals surface area contributed by atoms with Gasteiger partial charge in [-0.2, -0.15) is 5.10 Å². The monoisotopic (exact) mass is 417 g/mol. The van der Waals surface area contributed by atoms with Crippen LogP contribution in [0.1, 0.15) is 22.6 Å². The topological polar surface area (TPSA) is 63.5 Å². The SMILES string of the molecule is Cc1cc(C(=O)N(CCCN2CCOCC2)c2nc3c(F)cccc3s2)nn1C. The minimum Gasteiger partial charge on any atom is -0.379 e. The van der Waals surface area contributed by atoms with E-state index in [1.54, 1.807) is 21.7 Å². The molecular weight excluding hydrogens is 393 g/mol. The molecule has 1 fully saturated rings. The highest BCUT2D eigenvalue weighted by molar-refractivity contribution is 7.22. The van der Waals surface area contributed by atoms with E-state index in [0.717, 1.165) is 49.7 Å². The summed E-state index contributed by atoms with van der Waals surface area (Å²) in [6.07, 6.45) is 0.788. The summed E-state index contributed by atoms with van der Waals surface area (Å²) in [4.78, 5) is 21.6. The first-order valence-corrected chi connectivity index (χ1v) is 10.5. The first kappa shape index (κ1) is 19.9. The number of morpholine rings is 1. The highest BCUT2D eigenvalue weighted by atomic mass is 32.1. The Bertz CT molecular complexity index is 992. The summed E-state index contributed by atoms with van der Waals surface area (Å²) >= 11 is 1.33. The van der Waals surface area contributed by atoms with Gasteiger partial charge in [0.15, 0.2) is 10.8 Å². The molecule has 1 aromatic carbocycles. The molecule has 4 rings (SSSR count). The Morgan fingerprint density at radius 1 is 1.34 bits per heavy atom. The number of amides is 1. The van der Waals surface area contributed by atoms with Crippen molar-refractivity contribution in [3.63, 3.8) is 0 Å². The van der Waals surface area contributed by atoms with Crippen molar-refractivity contribution in [2.45, 2.75) is 13.3 Å². The molecule has 0 spiro atoms. The Morgan fingerprint density at radius 2 is 2.14 bits per heavy atom. The van der Waals surface area contributed by atoms with E-state index >= 15 is 0 Å². The molecule has 1 aliphatic heterocycles. The number of carbonyl (C=O) groups is 1. The third kappa shape index (κ3) is 4.31. The lowest BCUT2D eigenvalue weighted by molar-refractivity contribution is 0.0376. The van der Waals surface area contributed by atoms with E-state index < -0.39 is 0 Å². The van der Waals surface area contributed by atoms with Crippen LogP contribution in [0.15, 0.2) is 24.3 Å². The highest BCUT2D eigenvalue weighted by Crippen LogP contribution is 2.31. The molecule has 29 heavy (non-hydrogen) atoms. The van der Waals surface area contributed by atoms with Crippen LogP contribution in [0.2, 0.25) is 0 Å². The summed E-state index contributed by atoms with van der Waals surface area (Å²) in [7, 11) is 1.81. The van der Waals surface area contributed by atoms with E-state index in [4.69, 9.17) is 4.74 Å². The fraction of sp³-hybridized carbons (Fsp3) is 0.450. The van der Waals surface area contributed by atoms with Crippen LogP contribution in [-0.4, -0.2) is 65.0 Å². The number of halogens is 1. The van der Waals surface area contributed by atoms with Crippen molar-refractivity contribution in [2.75, 3.05) is 44.3 Å². The second-order valence-electron chi connectivity index (χ2n) is 7.14. The van der Waals surface area contributed by atoms with Crippen molar-refractivity contribution in [3.05, 3.63) is 41.5 Å². The van der Waals surface area contributed by atoms with Crippen molar-refractivity contribution in [2.24, 2.45) is 7.05 Å². The predicted octanol–water partition coefficient (Wildman–Crippen LogP) is 2.85. The van der Waals surface area contributed by atoms with Crippen LogP contribution in [0, 0.1) is 12.7 Å². The maximum absolute atomic E-state index is 14.1. The van der Waals surface area contributed by atoms with Crippen molar-refractivity contribution < 1.29 is 13.9 Å². The van der Waals surface area contributed by atoms with Crippen molar-refractivity contribution >= 4 is 32.6 Å². The maximum Gasteiger partial charge on any atom is 0.280 e. The summed E-state index contributed by atoms with van der Waals surface area (Å²) < 4.78 is 21.9. The molecule has 0 atom stereocenters. The number of ether oxygens (including phenoxy) is 1. The molecule has 0 saturated carbocycles. The Hall–Kier alpha value is -2.36. The number of benzene rings is 1. The summed E-state index contributed by atoms with van der Waals surface area (Å²) in [5, 5.41) is 4.83. The zero-order chi connectivity index (χ0) is 20.4. The number of fused-ring (bicyclic) bond motifs is 1. The van der Waals surface area contributed by atoms with Gasteiger partial charge in [0.25, 0.3) is 5.91 Å². The van der Waals surface area contributed by atoms with Gasteiger partial charge in [0, 0.05) is 38.9 Å². The van der Waals surface area contributed by atoms with Crippen LogP contribution in [0.4, 0.5) is 9.52 Å². The molecule has 1 amide bonds. The smallest absolute Gasteiger partial charge is 0.280 e. The molecule has 0 N–H and O–H groups in total. The summed E-state index contributed by atoms with van der Waals surface area (Å²) in [6, 6.07) is 6.64. The number of rotatable bonds is 6. The predicted molar refractivity (Wildman–Crippen MR) is 111 cm³/mol. The second kappa shape index (κ2) is 8.56.